The number of nitrogens with one attached hydrogen (secondary N) is 2. The van der Waals surface area contributed by atoms with E-state index in [1.807, 2.05) is 68.4 Å². The van der Waals surface area contributed by atoms with Gasteiger partial charge in [0.15, 0.2) is 4.34 Å². The quantitative estimate of drug-likeness (QED) is 0.592. The monoisotopic (exact) mass is 384 g/mol. The van der Waals surface area contributed by atoms with E-state index >= 15 is 0 Å². The van der Waals surface area contributed by atoms with Crippen molar-refractivity contribution in [2.24, 2.45) is 0 Å². The average molecular weight is 385 g/mol. The van der Waals surface area contributed by atoms with Crippen LogP contribution in [0.15, 0.2) is 58.9 Å². The Morgan fingerprint density at radius 3 is 2.58 bits per heavy atom. The minimum absolute atomic E-state index is 0.0108. The Hall–Kier alpha value is -2.38. The third-order valence-corrected chi connectivity index (χ3v) is 5.69. The summed E-state index contributed by atoms with van der Waals surface area (Å²) in [5.41, 5.74) is 3.26. The summed E-state index contributed by atoms with van der Waals surface area (Å²) in [6, 6.07) is 18.0. The predicted octanol–water partition coefficient (Wildman–Crippen LogP) is 4.39. The van der Waals surface area contributed by atoms with Gasteiger partial charge in [0.2, 0.25) is 11.0 Å². The molecule has 0 fully saturated rings. The van der Waals surface area contributed by atoms with Gasteiger partial charge in [0.25, 0.3) is 0 Å². The molecule has 0 saturated carbocycles. The van der Waals surface area contributed by atoms with Crippen LogP contribution in [-0.4, -0.2) is 21.4 Å². The smallest absolute Gasteiger partial charge is 0.233 e. The Morgan fingerprint density at radius 1 is 1.12 bits per heavy atom. The molecule has 26 heavy (non-hydrogen) atoms. The van der Waals surface area contributed by atoms with Gasteiger partial charge in [-0.2, -0.15) is 0 Å². The van der Waals surface area contributed by atoms with E-state index in [1.165, 1.54) is 28.7 Å². The van der Waals surface area contributed by atoms with E-state index in [2.05, 4.69) is 20.8 Å². The molecule has 2 N–H and O–H groups in total. The number of aromatic nitrogens is 2. The molecule has 3 aromatic rings. The van der Waals surface area contributed by atoms with E-state index in [0.29, 0.717) is 11.7 Å². The van der Waals surface area contributed by atoms with Gasteiger partial charge in [-0.3, -0.25) is 4.79 Å². The number of benzene rings is 2. The molecule has 134 valence electrons. The number of para-hydroxylation sites is 1. The van der Waals surface area contributed by atoms with Crippen molar-refractivity contribution in [1.29, 1.82) is 0 Å². The van der Waals surface area contributed by atoms with Crippen molar-refractivity contribution in [2.45, 2.75) is 30.0 Å². The lowest BCUT2D eigenvalue weighted by Crippen LogP contribution is -2.30. The maximum atomic E-state index is 12.3. The number of carbonyl (C=O) groups excluding carboxylic acids is 1. The number of aryl methyl sites for hydroxylation is 1. The van der Waals surface area contributed by atoms with Crippen LogP contribution in [0.4, 0.5) is 10.8 Å². The summed E-state index contributed by atoms with van der Waals surface area (Å²) in [6.07, 6.45) is 0. The molecular formula is C19H20N4OS2. The van der Waals surface area contributed by atoms with E-state index in [4.69, 9.17) is 0 Å². The molecule has 0 saturated heterocycles. The second-order valence-corrected chi connectivity index (χ2v) is 8.39. The summed E-state index contributed by atoms with van der Waals surface area (Å²) in [7, 11) is 0. The van der Waals surface area contributed by atoms with Crippen molar-refractivity contribution in [3.63, 3.8) is 0 Å². The average Bonchev–Trinajstić information content (AvgIpc) is 3.08. The summed E-state index contributed by atoms with van der Waals surface area (Å²) in [4.78, 5) is 12.3. The lowest BCUT2D eigenvalue weighted by atomic mass is 10.1. The number of carbonyl (C=O) groups is 1. The van der Waals surface area contributed by atoms with Gasteiger partial charge in [0, 0.05) is 12.2 Å². The molecule has 0 aliphatic heterocycles. The fourth-order valence-corrected chi connectivity index (χ4v) is 4.14. The van der Waals surface area contributed by atoms with Crippen LogP contribution in [0.1, 0.15) is 18.1 Å². The molecule has 0 spiro atoms. The van der Waals surface area contributed by atoms with Crippen molar-refractivity contribution in [1.82, 2.24) is 15.5 Å². The van der Waals surface area contributed by atoms with Gasteiger partial charge in [0.1, 0.15) is 0 Å². The number of hydrogen-bond donors (Lipinski definition) is 2. The molecule has 0 unspecified atom stereocenters. The van der Waals surface area contributed by atoms with E-state index in [-0.39, 0.29) is 11.2 Å². The number of thioether (sulfide) groups is 1. The molecule has 2 aromatic carbocycles. The molecule has 1 aromatic heterocycles. The highest BCUT2D eigenvalue weighted by atomic mass is 32.2. The Labute approximate surface area is 161 Å². The highest BCUT2D eigenvalue weighted by molar-refractivity contribution is 8.02. The van der Waals surface area contributed by atoms with Crippen molar-refractivity contribution in [2.75, 3.05) is 5.32 Å². The topological polar surface area (TPSA) is 66.9 Å². The standard InChI is InChI=1S/C19H20N4OS2/c1-13-8-10-15(11-9-13)12-20-17(24)14(2)25-19-23-22-18(26-19)21-16-6-4-3-5-7-16/h3-11,14H,12H2,1-2H3,(H,20,24)(H,21,22)/t14-/m0/s1. The van der Waals surface area contributed by atoms with E-state index < -0.39 is 0 Å². The van der Waals surface area contributed by atoms with E-state index in [0.717, 1.165) is 15.6 Å². The second-order valence-electron chi connectivity index (χ2n) is 5.83. The summed E-state index contributed by atoms with van der Waals surface area (Å²) >= 11 is 2.85. The van der Waals surface area contributed by atoms with Gasteiger partial charge in [-0.15, -0.1) is 10.2 Å². The minimum atomic E-state index is -0.238. The van der Waals surface area contributed by atoms with Gasteiger partial charge >= 0.3 is 0 Å². The zero-order valence-corrected chi connectivity index (χ0v) is 16.2. The predicted molar refractivity (Wildman–Crippen MR) is 108 cm³/mol. The number of hydrogen-bond acceptors (Lipinski definition) is 6. The molecule has 0 aliphatic carbocycles. The molecule has 7 heteroatoms. The first kappa shape index (κ1) is 18.4. The molecule has 1 amide bonds. The van der Waals surface area contributed by atoms with Gasteiger partial charge < -0.3 is 10.6 Å². The maximum absolute atomic E-state index is 12.3. The Bertz CT molecular complexity index is 849. The first-order chi connectivity index (χ1) is 12.6. The fourth-order valence-electron chi connectivity index (χ4n) is 2.20. The van der Waals surface area contributed by atoms with Crippen LogP contribution in [0.5, 0.6) is 0 Å². The third kappa shape index (κ3) is 5.31. The third-order valence-electron chi connectivity index (χ3n) is 3.67. The van der Waals surface area contributed by atoms with E-state index in [1.54, 1.807) is 0 Å². The SMILES string of the molecule is Cc1ccc(CNC(=O)[C@H](C)Sc2nnc(Nc3ccccc3)s2)cc1. The number of nitrogens with zero attached hydrogens (tertiary/aromatic N) is 2. The fraction of sp³-hybridized carbons (Fsp3) is 0.211. The largest absolute Gasteiger partial charge is 0.351 e. The first-order valence-corrected chi connectivity index (χ1v) is 9.95. The molecule has 0 radical (unpaired) electrons. The summed E-state index contributed by atoms with van der Waals surface area (Å²) in [5, 5.41) is 14.9. The zero-order chi connectivity index (χ0) is 18.4. The van der Waals surface area contributed by atoms with Crippen molar-refractivity contribution < 1.29 is 4.79 Å². The Kier molecular flexibility index (Phi) is 6.25. The number of rotatable bonds is 7. The van der Waals surface area contributed by atoms with Crippen LogP contribution in [0.25, 0.3) is 0 Å². The van der Waals surface area contributed by atoms with Crippen LogP contribution < -0.4 is 10.6 Å². The summed E-state index contributed by atoms with van der Waals surface area (Å²) < 4.78 is 0.765. The lowest BCUT2D eigenvalue weighted by Gasteiger charge is -2.10. The first-order valence-electron chi connectivity index (χ1n) is 8.25. The summed E-state index contributed by atoms with van der Waals surface area (Å²) in [5.74, 6) is -0.0108. The normalized spacial score (nSPS) is 11.8. The van der Waals surface area contributed by atoms with Gasteiger partial charge in [-0.25, -0.2) is 0 Å². The van der Waals surface area contributed by atoms with Gasteiger partial charge in [-0.05, 0) is 31.5 Å². The molecule has 5 nitrogen and oxygen atoms in total. The van der Waals surface area contributed by atoms with Crippen molar-refractivity contribution in [3.8, 4) is 0 Å². The van der Waals surface area contributed by atoms with Crippen molar-refractivity contribution in [3.05, 3.63) is 65.7 Å². The number of amides is 1. The molecular weight excluding hydrogens is 364 g/mol. The van der Waals surface area contributed by atoms with Gasteiger partial charge in [0.05, 0.1) is 5.25 Å². The van der Waals surface area contributed by atoms with Crippen LogP contribution >= 0.6 is 23.1 Å². The molecule has 3 rings (SSSR count). The summed E-state index contributed by atoms with van der Waals surface area (Å²) in [6.45, 7) is 4.45. The van der Waals surface area contributed by atoms with Crippen LogP contribution in [0.2, 0.25) is 0 Å². The Morgan fingerprint density at radius 2 is 1.85 bits per heavy atom. The molecule has 0 bridgehead atoms. The van der Waals surface area contributed by atoms with Crippen LogP contribution in [0.3, 0.4) is 0 Å². The molecule has 1 heterocycles. The zero-order valence-electron chi connectivity index (χ0n) is 14.6. The lowest BCUT2D eigenvalue weighted by molar-refractivity contribution is -0.120. The Balaban J connectivity index is 1.50. The highest BCUT2D eigenvalue weighted by Gasteiger charge is 2.17. The van der Waals surface area contributed by atoms with Crippen LogP contribution in [-0.2, 0) is 11.3 Å². The van der Waals surface area contributed by atoms with Crippen molar-refractivity contribution >= 4 is 39.8 Å². The van der Waals surface area contributed by atoms with Gasteiger partial charge in [-0.1, -0.05) is 71.1 Å². The molecule has 0 aliphatic rings. The number of anilines is 2. The van der Waals surface area contributed by atoms with Crippen LogP contribution in [0, 0.1) is 6.92 Å². The minimum Gasteiger partial charge on any atom is -0.351 e. The molecule has 1 atom stereocenters. The maximum Gasteiger partial charge on any atom is 0.233 e. The highest BCUT2D eigenvalue weighted by Crippen LogP contribution is 2.30. The second kappa shape index (κ2) is 8.82. The van der Waals surface area contributed by atoms with E-state index in [9.17, 15) is 4.79 Å².